The number of nitrogens with one attached hydrogen (secondary N) is 2. The van der Waals surface area contributed by atoms with Gasteiger partial charge in [-0.25, -0.2) is 17.6 Å². The predicted octanol–water partition coefficient (Wildman–Crippen LogP) is 5.63. The van der Waals surface area contributed by atoms with Gasteiger partial charge in [-0.1, -0.05) is 41.9 Å². The summed E-state index contributed by atoms with van der Waals surface area (Å²) in [7, 11) is -1.80. The molecule has 3 aromatic carbocycles. The van der Waals surface area contributed by atoms with Crippen LogP contribution in [0.4, 0.5) is 14.9 Å². The van der Waals surface area contributed by atoms with Crippen LogP contribution >= 0.6 is 11.6 Å². The summed E-state index contributed by atoms with van der Waals surface area (Å²) in [6, 6.07) is 14.1. The molecule has 1 atom stereocenters. The van der Waals surface area contributed by atoms with E-state index < -0.39 is 27.4 Å². The van der Waals surface area contributed by atoms with Crippen molar-refractivity contribution in [1.29, 1.82) is 0 Å². The number of rotatable bonds is 6. The second-order valence-corrected chi connectivity index (χ2v) is 11.6. The Morgan fingerprint density at radius 3 is 2.58 bits per heavy atom. The van der Waals surface area contributed by atoms with Crippen molar-refractivity contribution in [2.45, 2.75) is 43.5 Å². The van der Waals surface area contributed by atoms with Crippen molar-refractivity contribution in [1.82, 2.24) is 10.2 Å². The first-order valence-electron chi connectivity index (χ1n) is 11.7. The third-order valence-electron chi connectivity index (χ3n) is 6.46. The molecule has 190 valence electrons. The lowest BCUT2D eigenvalue weighted by molar-refractivity contribution is 0.249. The zero-order chi connectivity index (χ0) is 26.0. The van der Waals surface area contributed by atoms with Crippen LogP contribution in [0.2, 0.25) is 5.02 Å². The van der Waals surface area contributed by atoms with Gasteiger partial charge >= 0.3 is 6.03 Å². The van der Waals surface area contributed by atoms with Crippen LogP contribution in [0.3, 0.4) is 0 Å². The highest BCUT2D eigenvalue weighted by molar-refractivity contribution is 7.90. The van der Waals surface area contributed by atoms with Crippen molar-refractivity contribution >= 4 is 33.2 Å². The van der Waals surface area contributed by atoms with E-state index in [1.54, 1.807) is 6.07 Å². The molecule has 1 aliphatic rings. The number of likely N-dealkylation sites (N-methyl/N-ethyl adjacent to an activating group) is 1. The van der Waals surface area contributed by atoms with Gasteiger partial charge in [-0.2, -0.15) is 0 Å². The number of carbonyl (C=O) groups is 1. The molecule has 2 amide bonds. The molecule has 2 N–H and O–H groups in total. The van der Waals surface area contributed by atoms with Crippen molar-refractivity contribution in [2.75, 3.05) is 18.9 Å². The predicted molar refractivity (Wildman–Crippen MR) is 141 cm³/mol. The zero-order valence-electron chi connectivity index (χ0n) is 20.4. The Morgan fingerprint density at radius 2 is 1.86 bits per heavy atom. The van der Waals surface area contributed by atoms with E-state index in [-0.39, 0.29) is 16.5 Å². The Balaban J connectivity index is 1.42. The number of hydrogen-bond acceptors (Lipinski definition) is 4. The first-order chi connectivity index (χ1) is 17.0. The highest BCUT2D eigenvalue weighted by atomic mass is 35.5. The van der Waals surface area contributed by atoms with E-state index in [1.807, 2.05) is 45.2 Å². The van der Waals surface area contributed by atoms with Crippen molar-refractivity contribution in [3.63, 3.8) is 0 Å². The molecule has 0 saturated heterocycles. The molecule has 1 aliphatic heterocycles. The first-order valence-corrected chi connectivity index (χ1v) is 13.7. The first kappa shape index (κ1) is 26.1. The van der Waals surface area contributed by atoms with Crippen molar-refractivity contribution in [3.05, 3.63) is 93.3 Å². The van der Waals surface area contributed by atoms with E-state index in [1.165, 1.54) is 24.3 Å². The molecule has 0 aromatic heterocycles. The fourth-order valence-electron chi connectivity index (χ4n) is 4.39. The molecule has 1 unspecified atom stereocenters. The fourth-order valence-corrected chi connectivity index (χ4v) is 6.03. The van der Waals surface area contributed by atoms with Gasteiger partial charge in [0.1, 0.15) is 5.82 Å². The van der Waals surface area contributed by atoms with Crippen LogP contribution in [0.1, 0.15) is 40.8 Å². The van der Waals surface area contributed by atoms with E-state index in [0.29, 0.717) is 29.2 Å². The molecule has 0 saturated carbocycles. The van der Waals surface area contributed by atoms with Gasteiger partial charge in [-0.15, -0.1) is 0 Å². The van der Waals surface area contributed by atoms with Gasteiger partial charge in [-0.3, -0.25) is 0 Å². The number of nitrogens with zero attached hydrogens (tertiary/aromatic N) is 1. The minimum Gasteiger partial charge on any atom is -0.331 e. The summed E-state index contributed by atoms with van der Waals surface area (Å²) >= 11 is 6.35. The smallest absolute Gasteiger partial charge is 0.319 e. The van der Waals surface area contributed by atoms with Gasteiger partial charge in [0, 0.05) is 29.4 Å². The lowest BCUT2D eigenvalue weighted by atomic mass is 9.97. The number of anilines is 1. The van der Waals surface area contributed by atoms with Crippen molar-refractivity contribution < 1.29 is 17.6 Å². The molecule has 0 aliphatic carbocycles. The average molecular weight is 530 g/mol. The molecule has 1 heterocycles. The largest absolute Gasteiger partial charge is 0.331 e. The standard InChI is InChI=1S/C27H29ClFN3O3S/c1-17-5-4-6-23(25(17)28)18(2)30-27(33)31-21-9-11-22(12-10-21)36(34,35)16-20-8-7-19-15-32(3)14-13-24(19)26(20)29/h4-12,18H,13-16H2,1-3H3,(H2,30,31,33). The molecular formula is C27H29ClFN3O3S. The number of amides is 2. The Bertz CT molecular complexity index is 1390. The highest BCUT2D eigenvalue weighted by Crippen LogP contribution is 2.28. The number of carbonyl (C=O) groups excluding carboxylic acids is 1. The summed E-state index contributed by atoms with van der Waals surface area (Å²) in [6.07, 6.45) is 0.558. The number of aryl methyl sites for hydroxylation is 1. The van der Waals surface area contributed by atoms with Crippen LogP contribution in [-0.4, -0.2) is 32.9 Å². The second kappa shape index (κ2) is 10.6. The number of benzene rings is 3. The number of halogens is 2. The van der Waals surface area contributed by atoms with Crippen LogP contribution < -0.4 is 10.6 Å². The Labute approximate surface area is 216 Å². The molecule has 4 rings (SSSR count). The van der Waals surface area contributed by atoms with Gasteiger partial charge in [-0.05, 0) is 73.8 Å². The van der Waals surface area contributed by atoms with E-state index in [9.17, 15) is 13.2 Å². The topological polar surface area (TPSA) is 78.5 Å². The van der Waals surface area contributed by atoms with Crippen LogP contribution in [0, 0.1) is 12.7 Å². The average Bonchev–Trinajstić information content (AvgIpc) is 2.82. The third-order valence-corrected chi connectivity index (χ3v) is 8.65. The van der Waals surface area contributed by atoms with E-state index >= 15 is 4.39 Å². The zero-order valence-corrected chi connectivity index (χ0v) is 22.0. The third kappa shape index (κ3) is 5.72. The normalized spacial score (nSPS) is 14.7. The molecule has 3 aromatic rings. The molecule has 0 fully saturated rings. The molecule has 6 nitrogen and oxygen atoms in total. The van der Waals surface area contributed by atoms with Crippen LogP contribution in [0.5, 0.6) is 0 Å². The van der Waals surface area contributed by atoms with Crippen LogP contribution in [0.25, 0.3) is 0 Å². The van der Waals surface area contributed by atoms with E-state index in [2.05, 4.69) is 15.5 Å². The lowest BCUT2D eigenvalue weighted by Gasteiger charge is -2.26. The Hall–Kier alpha value is -2.94. The number of hydrogen-bond donors (Lipinski definition) is 2. The number of urea groups is 1. The summed E-state index contributed by atoms with van der Waals surface area (Å²) in [5, 5.41) is 6.13. The maximum atomic E-state index is 15.1. The maximum absolute atomic E-state index is 15.1. The molecule has 0 radical (unpaired) electrons. The van der Waals surface area contributed by atoms with Gasteiger partial charge in [0.15, 0.2) is 9.84 Å². The lowest BCUT2D eigenvalue weighted by Crippen LogP contribution is -2.31. The van der Waals surface area contributed by atoms with Crippen molar-refractivity contribution in [2.24, 2.45) is 0 Å². The number of sulfone groups is 1. The van der Waals surface area contributed by atoms with Gasteiger partial charge in [0.05, 0.1) is 16.7 Å². The summed E-state index contributed by atoms with van der Waals surface area (Å²) in [5.41, 5.74) is 3.82. The highest BCUT2D eigenvalue weighted by Gasteiger charge is 2.23. The molecule has 0 spiro atoms. The molecule has 0 bridgehead atoms. The van der Waals surface area contributed by atoms with E-state index in [0.717, 1.165) is 23.2 Å². The van der Waals surface area contributed by atoms with Crippen molar-refractivity contribution in [3.8, 4) is 0 Å². The SMILES string of the molecule is Cc1cccc(C(C)NC(=O)Nc2ccc(S(=O)(=O)Cc3ccc4c(c3F)CCN(C)C4)cc2)c1Cl. The van der Waals surface area contributed by atoms with Gasteiger partial charge in [0.25, 0.3) is 0 Å². The van der Waals surface area contributed by atoms with Crippen LogP contribution in [0.15, 0.2) is 59.5 Å². The summed E-state index contributed by atoms with van der Waals surface area (Å²) in [6.45, 7) is 5.11. The minimum absolute atomic E-state index is 0.0604. The quantitative estimate of drug-likeness (QED) is 0.433. The number of fused-ring (bicyclic) bond motifs is 1. The molecule has 9 heteroatoms. The van der Waals surface area contributed by atoms with Gasteiger partial charge in [0.2, 0.25) is 0 Å². The second-order valence-electron chi connectivity index (χ2n) is 9.25. The summed E-state index contributed by atoms with van der Waals surface area (Å²) < 4.78 is 41.0. The Morgan fingerprint density at radius 1 is 1.14 bits per heavy atom. The summed E-state index contributed by atoms with van der Waals surface area (Å²) in [5.74, 6) is -0.855. The molecule has 36 heavy (non-hydrogen) atoms. The molecular weight excluding hydrogens is 501 g/mol. The Kier molecular flexibility index (Phi) is 7.68. The maximum Gasteiger partial charge on any atom is 0.319 e. The monoisotopic (exact) mass is 529 g/mol. The van der Waals surface area contributed by atoms with Gasteiger partial charge < -0.3 is 15.5 Å². The summed E-state index contributed by atoms with van der Waals surface area (Å²) in [4.78, 5) is 14.6. The van der Waals surface area contributed by atoms with E-state index in [4.69, 9.17) is 11.6 Å². The van der Waals surface area contributed by atoms with Crippen LogP contribution in [-0.2, 0) is 28.6 Å². The minimum atomic E-state index is -3.78. The fraction of sp³-hybridized carbons (Fsp3) is 0.296.